The van der Waals surface area contributed by atoms with Gasteiger partial charge in [-0.1, -0.05) is 0 Å². The Bertz CT molecular complexity index is 604. The van der Waals surface area contributed by atoms with E-state index >= 15 is 0 Å². The minimum Gasteiger partial charge on any atom is -0.354 e. The molecule has 0 aliphatic rings. The number of thiophene rings is 1. The maximum absolute atomic E-state index is 4.11. The van der Waals surface area contributed by atoms with Crippen molar-refractivity contribution in [1.29, 1.82) is 0 Å². The Morgan fingerprint density at radius 2 is 1.81 bits per heavy atom. The van der Waals surface area contributed by atoms with Crippen molar-refractivity contribution in [3.63, 3.8) is 0 Å². The van der Waals surface area contributed by atoms with Crippen LogP contribution in [0.15, 0.2) is 48.4 Å². The average Bonchev–Trinajstić information content (AvgIpc) is 2.74. The van der Waals surface area contributed by atoms with Crippen LogP contribution in [0.3, 0.4) is 0 Å². The molecule has 0 spiro atoms. The summed E-state index contributed by atoms with van der Waals surface area (Å²) in [6, 6.07) is 5.92. The fourth-order valence-corrected chi connectivity index (χ4v) is 2.43. The first-order valence-electron chi connectivity index (χ1n) is 4.92. The topological polar surface area (TPSA) is 37.8 Å². The molecule has 16 heavy (non-hydrogen) atoms. The van der Waals surface area contributed by atoms with E-state index in [4.69, 9.17) is 0 Å². The Morgan fingerprint density at radius 1 is 1.00 bits per heavy atom. The van der Waals surface area contributed by atoms with Gasteiger partial charge in [0.15, 0.2) is 0 Å². The molecule has 0 aromatic carbocycles. The van der Waals surface area contributed by atoms with Crippen molar-refractivity contribution < 1.29 is 0 Å². The maximum Gasteiger partial charge on any atom is 0.0574 e. The molecule has 0 atom stereocenters. The van der Waals surface area contributed by atoms with Crippen LogP contribution in [0.4, 0.5) is 11.4 Å². The molecular formula is C12H9N3S. The summed E-state index contributed by atoms with van der Waals surface area (Å²) in [5, 5.41) is 6.68. The fraction of sp³-hybridized carbons (Fsp3) is 0. The molecule has 1 N–H and O–H groups in total. The number of rotatable bonds is 2. The lowest BCUT2D eigenvalue weighted by molar-refractivity contribution is 1.33. The summed E-state index contributed by atoms with van der Waals surface area (Å²) < 4.78 is 1.19. The van der Waals surface area contributed by atoms with E-state index in [-0.39, 0.29) is 0 Å². The Hall–Kier alpha value is -1.94. The standard InChI is InChI=1S/C12H9N3S/c1-4-13-5-2-9(1)15-11-8-16-12-7-14-6-3-10(11)12/h1-8H,(H,13,15). The van der Waals surface area contributed by atoms with Crippen molar-refractivity contribution in [2.75, 3.05) is 5.32 Å². The first-order chi connectivity index (χ1) is 7.93. The van der Waals surface area contributed by atoms with Crippen LogP contribution in [0, 0.1) is 0 Å². The van der Waals surface area contributed by atoms with Crippen molar-refractivity contribution >= 4 is 32.8 Å². The average molecular weight is 227 g/mol. The summed E-state index contributed by atoms with van der Waals surface area (Å²) in [5.41, 5.74) is 2.17. The molecule has 0 saturated heterocycles. The van der Waals surface area contributed by atoms with Crippen LogP contribution in [0.2, 0.25) is 0 Å². The Kier molecular flexibility index (Phi) is 2.27. The van der Waals surface area contributed by atoms with Gasteiger partial charge >= 0.3 is 0 Å². The van der Waals surface area contributed by atoms with Crippen LogP contribution < -0.4 is 5.32 Å². The van der Waals surface area contributed by atoms with E-state index in [1.54, 1.807) is 23.7 Å². The molecule has 3 aromatic heterocycles. The van der Waals surface area contributed by atoms with Crippen LogP contribution in [0.25, 0.3) is 10.1 Å². The minimum atomic E-state index is 1.05. The highest BCUT2D eigenvalue weighted by atomic mass is 32.1. The molecule has 0 bridgehead atoms. The summed E-state index contributed by atoms with van der Waals surface area (Å²) in [5.74, 6) is 0. The summed E-state index contributed by atoms with van der Waals surface area (Å²) in [4.78, 5) is 8.10. The van der Waals surface area contributed by atoms with E-state index in [0.29, 0.717) is 0 Å². The van der Waals surface area contributed by atoms with Gasteiger partial charge in [0.25, 0.3) is 0 Å². The Balaban J connectivity index is 2.01. The van der Waals surface area contributed by atoms with Crippen molar-refractivity contribution in [2.24, 2.45) is 0 Å². The van der Waals surface area contributed by atoms with E-state index in [1.807, 2.05) is 30.6 Å². The molecule has 0 aliphatic heterocycles. The van der Waals surface area contributed by atoms with Gasteiger partial charge in [-0.3, -0.25) is 9.97 Å². The second-order valence-electron chi connectivity index (χ2n) is 3.38. The third-order valence-electron chi connectivity index (χ3n) is 2.34. The normalized spacial score (nSPS) is 10.5. The SMILES string of the molecule is c1cc(Nc2csc3cnccc23)ccn1. The number of hydrogen-bond donors (Lipinski definition) is 1. The van der Waals surface area contributed by atoms with Gasteiger partial charge in [0.05, 0.1) is 10.4 Å². The number of aromatic nitrogens is 2. The zero-order valence-corrected chi connectivity index (χ0v) is 9.24. The van der Waals surface area contributed by atoms with E-state index in [0.717, 1.165) is 11.4 Å². The fourth-order valence-electron chi connectivity index (χ4n) is 1.57. The molecule has 4 heteroatoms. The molecule has 78 valence electrons. The van der Waals surface area contributed by atoms with Crippen LogP contribution in [0.5, 0.6) is 0 Å². The summed E-state index contributed by atoms with van der Waals surface area (Å²) in [6.45, 7) is 0. The minimum absolute atomic E-state index is 1.05. The highest BCUT2D eigenvalue weighted by molar-refractivity contribution is 7.17. The molecule has 3 nitrogen and oxygen atoms in total. The number of fused-ring (bicyclic) bond motifs is 1. The molecule has 3 heterocycles. The Labute approximate surface area is 96.8 Å². The van der Waals surface area contributed by atoms with Crippen molar-refractivity contribution in [2.45, 2.75) is 0 Å². The molecule has 0 radical (unpaired) electrons. The van der Waals surface area contributed by atoms with Crippen molar-refractivity contribution in [3.05, 3.63) is 48.4 Å². The van der Waals surface area contributed by atoms with Crippen LogP contribution in [0.1, 0.15) is 0 Å². The summed E-state index contributed by atoms with van der Waals surface area (Å²) in [6.07, 6.45) is 7.25. The molecular weight excluding hydrogens is 218 g/mol. The Morgan fingerprint density at radius 3 is 2.69 bits per heavy atom. The molecule has 3 rings (SSSR count). The van der Waals surface area contributed by atoms with Gasteiger partial charge in [0.1, 0.15) is 0 Å². The first-order valence-corrected chi connectivity index (χ1v) is 5.80. The number of anilines is 2. The number of pyridine rings is 2. The molecule has 3 aromatic rings. The van der Waals surface area contributed by atoms with Gasteiger partial charge in [-0.05, 0) is 18.2 Å². The number of nitrogens with one attached hydrogen (secondary N) is 1. The van der Waals surface area contributed by atoms with E-state index in [2.05, 4.69) is 20.7 Å². The third kappa shape index (κ3) is 1.63. The number of nitrogens with zero attached hydrogens (tertiary/aromatic N) is 2. The predicted molar refractivity (Wildman–Crippen MR) is 67.1 cm³/mol. The summed E-state index contributed by atoms with van der Waals surface area (Å²) in [7, 11) is 0. The van der Waals surface area contributed by atoms with Crippen molar-refractivity contribution in [3.8, 4) is 0 Å². The predicted octanol–water partition coefficient (Wildman–Crippen LogP) is 3.43. The van der Waals surface area contributed by atoms with Gasteiger partial charge in [0, 0.05) is 41.2 Å². The van der Waals surface area contributed by atoms with Crippen LogP contribution in [-0.4, -0.2) is 9.97 Å². The van der Waals surface area contributed by atoms with Crippen LogP contribution >= 0.6 is 11.3 Å². The molecule has 0 fully saturated rings. The second-order valence-corrected chi connectivity index (χ2v) is 4.29. The largest absolute Gasteiger partial charge is 0.354 e. The highest BCUT2D eigenvalue weighted by Crippen LogP contribution is 2.31. The second kappa shape index (κ2) is 3.90. The van der Waals surface area contributed by atoms with Crippen LogP contribution in [-0.2, 0) is 0 Å². The molecule has 0 aliphatic carbocycles. The van der Waals surface area contributed by atoms with E-state index in [9.17, 15) is 0 Å². The monoisotopic (exact) mass is 227 g/mol. The van der Waals surface area contributed by atoms with E-state index in [1.165, 1.54) is 10.1 Å². The van der Waals surface area contributed by atoms with E-state index < -0.39 is 0 Å². The number of hydrogen-bond acceptors (Lipinski definition) is 4. The van der Waals surface area contributed by atoms with Gasteiger partial charge in [-0.25, -0.2) is 0 Å². The maximum atomic E-state index is 4.11. The van der Waals surface area contributed by atoms with Gasteiger partial charge < -0.3 is 5.32 Å². The lowest BCUT2D eigenvalue weighted by atomic mass is 10.3. The smallest absolute Gasteiger partial charge is 0.0574 e. The quantitative estimate of drug-likeness (QED) is 0.728. The van der Waals surface area contributed by atoms with Gasteiger partial charge in [-0.15, -0.1) is 11.3 Å². The zero-order chi connectivity index (χ0) is 10.8. The van der Waals surface area contributed by atoms with Gasteiger partial charge in [-0.2, -0.15) is 0 Å². The summed E-state index contributed by atoms with van der Waals surface area (Å²) >= 11 is 1.69. The van der Waals surface area contributed by atoms with Crippen molar-refractivity contribution in [1.82, 2.24) is 9.97 Å². The molecule has 0 amide bonds. The lowest BCUT2D eigenvalue weighted by Crippen LogP contribution is -1.88. The molecule has 0 unspecified atom stereocenters. The first kappa shape index (κ1) is 9.30. The third-order valence-corrected chi connectivity index (χ3v) is 3.27. The van der Waals surface area contributed by atoms with Gasteiger partial charge in [0.2, 0.25) is 0 Å². The zero-order valence-electron chi connectivity index (χ0n) is 8.42. The highest BCUT2D eigenvalue weighted by Gasteiger charge is 2.03. The molecule has 0 saturated carbocycles. The lowest BCUT2D eigenvalue weighted by Gasteiger charge is -2.03.